The monoisotopic (exact) mass is 456 g/mol. The molecule has 182 valence electrons. The Bertz CT molecular complexity index is 959. The molecule has 1 saturated carbocycles. The second-order valence-corrected chi connectivity index (χ2v) is 12.5. The van der Waals surface area contributed by atoms with Gasteiger partial charge in [0, 0.05) is 17.8 Å². The van der Waals surface area contributed by atoms with Crippen LogP contribution in [-0.2, 0) is 9.53 Å². The molecule has 5 nitrogen and oxygen atoms in total. The normalized spacial score (nSPS) is 49.4. The summed E-state index contributed by atoms with van der Waals surface area (Å²) in [5, 5.41) is 34.1. The highest BCUT2D eigenvalue weighted by Crippen LogP contribution is 2.64. The van der Waals surface area contributed by atoms with E-state index in [9.17, 15) is 20.1 Å². The molecule has 1 heterocycles. The average molecular weight is 457 g/mol. The van der Waals surface area contributed by atoms with Gasteiger partial charge in [-0.3, -0.25) is 4.79 Å². The van der Waals surface area contributed by atoms with Crippen molar-refractivity contribution < 1.29 is 24.9 Å². The van der Waals surface area contributed by atoms with Crippen molar-refractivity contribution in [2.24, 2.45) is 34.5 Å². The van der Waals surface area contributed by atoms with Crippen LogP contribution in [0.4, 0.5) is 0 Å². The molecule has 5 aliphatic rings. The van der Waals surface area contributed by atoms with Gasteiger partial charge in [0.2, 0.25) is 0 Å². The van der Waals surface area contributed by atoms with Crippen molar-refractivity contribution in [2.45, 2.75) is 97.2 Å². The molecular weight excluding hydrogens is 416 g/mol. The van der Waals surface area contributed by atoms with Crippen molar-refractivity contribution in [2.75, 3.05) is 0 Å². The number of hydrogen-bond acceptors (Lipinski definition) is 5. The number of rotatable bonds is 2. The summed E-state index contributed by atoms with van der Waals surface area (Å²) in [5.74, 6) is 0.266. The molecule has 3 N–H and O–H groups in total. The van der Waals surface area contributed by atoms with E-state index in [0.29, 0.717) is 19.3 Å². The summed E-state index contributed by atoms with van der Waals surface area (Å²) in [6, 6.07) is 0. The molecule has 5 heteroatoms. The van der Waals surface area contributed by atoms with Crippen LogP contribution in [0.5, 0.6) is 0 Å². The van der Waals surface area contributed by atoms with E-state index in [1.807, 2.05) is 20.8 Å². The van der Waals surface area contributed by atoms with Crippen molar-refractivity contribution in [1.82, 2.24) is 0 Å². The van der Waals surface area contributed by atoms with Crippen LogP contribution in [0.15, 0.2) is 34.9 Å². The van der Waals surface area contributed by atoms with Crippen molar-refractivity contribution in [1.29, 1.82) is 0 Å². The van der Waals surface area contributed by atoms with E-state index in [2.05, 4.69) is 32.9 Å². The van der Waals surface area contributed by atoms with E-state index in [1.54, 1.807) is 6.08 Å². The van der Waals surface area contributed by atoms with Crippen LogP contribution in [0, 0.1) is 34.5 Å². The zero-order chi connectivity index (χ0) is 24.1. The van der Waals surface area contributed by atoms with Gasteiger partial charge < -0.3 is 20.1 Å². The molecule has 0 unspecified atom stereocenters. The third-order valence-corrected chi connectivity index (χ3v) is 10.6. The van der Waals surface area contributed by atoms with E-state index < -0.39 is 29.3 Å². The van der Waals surface area contributed by atoms with Gasteiger partial charge >= 0.3 is 0 Å². The fraction of sp³-hybridized carbons (Fsp3) is 0.750. The lowest BCUT2D eigenvalue weighted by Crippen LogP contribution is -2.51. The van der Waals surface area contributed by atoms with Crippen molar-refractivity contribution in [3.63, 3.8) is 0 Å². The summed E-state index contributed by atoms with van der Waals surface area (Å²) in [6.45, 7) is 12.5. The molecule has 0 aromatic heterocycles. The van der Waals surface area contributed by atoms with Gasteiger partial charge in [0.1, 0.15) is 0 Å². The second kappa shape index (κ2) is 7.36. The zero-order valence-electron chi connectivity index (χ0n) is 20.8. The van der Waals surface area contributed by atoms with Gasteiger partial charge in [-0.15, -0.1) is 0 Å². The zero-order valence-corrected chi connectivity index (χ0v) is 20.8. The number of carbonyl (C=O) groups excluding carboxylic acids is 1. The molecule has 1 saturated heterocycles. The number of hydrogen-bond donors (Lipinski definition) is 3. The maximum absolute atomic E-state index is 12.1. The van der Waals surface area contributed by atoms with Crippen LogP contribution in [0.1, 0.15) is 67.2 Å². The molecule has 1 aliphatic heterocycles. The van der Waals surface area contributed by atoms with Gasteiger partial charge in [0.15, 0.2) is 5.78 Å². The number of carbonyl (C=O) groups is 1. The highest BCUT2D eigenvalue weighted by Gasteiger charge is 2.62. The van der Waals surface area contributed by atoms with Gasteiger partial charge in [-0.1, -0.05) is 39.8 Å². The standard InChI is InChI=1S/C28H40O5/c1-14(25-24(32)15(2)26(3,4)33-25)19-12-21(30)23-18-8-7-16-11-17(29)9-10-27(16,5)20(18)13-22(31)28(19,23)6/h7-8,11,14-15,19-22,24-25,30-32H,9-10,12-13H2,1-6H3/t14-,15-,19+,20-,21+,22+,24-,25+,27-,28-/m0/s1. The topological polar surface area (TPSA) is 87.0 Å². The minimum absolute atomic E-state index is 0.00206. The molecule has 0 aromatic carbocycles. The van der Waals surface area contributed by atoms with Crippen molar-refractivity contribution >= 4 is 5.78 Å². The maximum Gasteiger partial charge on any atom is 0.156 e. The Labute approximate surface area is 197 Å². The summed E-state index contributed by atoms with van der Waals surface area (Å²) in [6.07, 6.45) is 6.31. The predicted octanol–water partition coefficient (Wildman–Crippen LogP) is 3.73. The first-order valence-corrected chi connectivity index (χ1v) is 12.7. The number of ether oxygens (including phenoxy) is 1. The summed E-state index contributed by atoms with van der Waals surface area (Å²) in [4.78, 5) is 12.1. The minimum Gasteiger partial charge on any atom is -0.392 e. The van der Waals surface area contributed by atoms with E-state index in [1.165, 1.54) is 0 Å². The highest BCUT2D eigenvalue weighted by molar-refractivity contribution is 5.92. The number of allylic oxidation sites excluding steroid dienone is 5. The Hall–Kier alpha value is -1.27. The van der Waals surface area contributed by atoms with Crippen molar-refractivity contribution in [3.05, 3.63) is 34.9 Å². The van der Waals surface area contributed by atoms with Gasteiger partial charge in [-0.25, -0.2) is 0 Å². The fourth-order valence-corrected chi connectivity index (χ4v) is 8.05. The first-order valence-electron chi connectivity index (χ1n) is 12.7. The maximum atomic E-state index is 12.1. The van der Waals surface area contributed by atoms with E-state index in [-0.39, 0.29) is 41.0 Å². The molecule has 0 bridgehead atoms. The molecule has 4 aliphatic carbocycles. The fourth-order valence-electron chi connectivity index (χ4n) is 8.05. The Balaban J connectivity index is 1.56. The SMILES string of the molecule is C[C@H]([C@H]1OC(C)(C)[C@@H](C)[C@@H]1O)[C@H]1C[C@@H](O)C2=C3C=CC4=CC(=O)CC[C@]4(C)[C@H]3C[C@@H](O)[C@@]21C. The van der Waals surface area contributed by atoms with Gasteiger partial charge in [0.25, 0.3) is 0 Å². The Morgan fingerprint density at radius 2 is 1.79 bits per heavy atom. The van der Waals surface area contributed by atoms with Crippen molar-refractivity contribution in [3.8, 4) is 0 Å². The first kappa shape index (κ1) is 23.5. The highest BCUT2D eigenvalue weighted by atomic mass is 16.5. The van der Waals surface area contributed by atoms with Crippen LogP contribution in [0.25, 0.3) is 0 Å². The molecule has 0 spiro atoms. The van der Waals surface area contributed by atoms with Crippen LogP contribution in [0.3, 0.4) is 0 Å². The largest absolute Gasteiger partial charge is 0.392 e. The number of fused-ring (bicyclic) bond motifs is 4. The first-order chi connectivity index (χ1) is 15.3. The summed E-state index contributed by atoms with van der Waals surface area (Å²) < 4.78 is 6.36. The summed E-state index contributed by atoms with van der Waals surface area (Å²) in [7, 11) is 0. The molecule has 5 rings (SSSR count). The van der Waals surface area contributed by atoms with Gasteiger partial charge in [-0.2, -0.15) is 0 Å². The number of aliphatic hydroxyl groups excluding tert-OH is 3. The van der Waals surface area contributed by atoms with E-state index in [4.69, 9.17) is 4.74 Å². The molecule has 0 amide bonds. The van der Waals surface area contributed by atoms with E-state index in [0.717, 1.165) is 23.1 Å². The third-order valence-electron chi connectivity index (χ3n) is 10.6. The molecule has 2 fully saturated rings. The quantitative estimate of drug-likeness (QED) is 0.589. The number of aliphatic hydroxyl groups is 3. The lowest BCUT2D eigenvalue weighted by atomic mass is 9.52. The molecular formula is C28H40O5. The summed E-state index contributed by atoms with van der Waals surface area (Å²) >= 11 is 0. The summed E-state index contributed by atoms with van der Waals surface area (Å²) in [5.41, 5.74) is 2.00. The van der Waals surface area contributed by atoms with Gasteiger partial charge in [0.05, 0.1) is 30.0 Å². The smallest absolute Gasteiger partial charge is 0.156 e. The molecule has 0 aromatic rings. The second-order valence-electron chi connectivity index (χ2n) is 12.5. The molecule has 33 heavy (non-hydrogen) atoms. The molecule has 10 atom stereocenters. The third kappa shape index (κ3) is 3.08. The van der Waals surface area contributed by atoms with Crippen LogP contribution in [-0.4, -0.2) is 51.1 Å². The minimum atomic E-state index is -0.622. The predicted molar refractivity (Wildman–Crippen MR) is 126 cm³/mol. The van der Waals surface area contributed by atoms with Crippen LogP contribution in [0.2, 0.25) is 0 Å². The Morgan fingerprint density at radius 3 is 2.42 bits per heavy atom. The molecule has 0 radical (unpaired) electrons. The average Bonchev–Trinajstić information content (AvgIpc) is 3.14. The Kier molecular flexibility index (Phi) is 5.24. The lowest BCUT2D eigenvalue weighted by molar-refractivity contribution is -0.116. The lowest BCUT2D eigenvalue weighted by Gasteiger charge is -2.53. The van der Waals surface area contributed by atoms with E-state index >= 15 is 0 Å². The van der Waals surface area contributed by atoms with Crippen LogP contribution >= 0.6 is 0 Å². The van der Waals surface area contributed by atoms with Gasteiger partial charge in [-0.05, 0) is 79.1 Å². The van der Waals surface area contributed by atoms with Crippen LogP contribution < -0.4 is 0 Å². The number of ketones is 1. The Morgan fingerprint density at radius 1 is 1.09 bits per heavy atom.